The Labute approximate surface area is 114 Å². The number of carbonyl (C=O) groups is 2. The summed E-state index contributed by atoms with van der Waals surface area (Å²) in [6.07, 6.45) is 0. The third kappa shape index (κ3) is 2.03. The van der Waals surface area contributed by atoms with Gasteiger partial charge in [-0.2, -0.15) is 0 Å². The fourth-order valence-corrected chi connectivity index (χ4v) is 2.31. The maximum absolute atomic E-state index is 13.9. The van der Waals surface area contributed by atoms with Gasteiger partial charge in [0.15, 0.2) is 0 Å². The molecule has 1 unspecified atom stereocenters. The quantitative estimate of drug-likeness (QED) is 0.823. The number of nitrogens with one attached hydrogen (secondary N) is 2. The van der Waals surface area contributed by atoms with Gasteiger partial charge in [0.1, 0.15) is 11.9 Å². The van der Waals surface area contributed by atoms with E-state index in [1.807, 2.05) is 0 Å². The molecule has 0 spiro atoms. The molecule has 5 heteroatoms. The Morgan fingerprint density at radius 2 is 1.55 bits per heavy atom. The zero-order chi connectivity index (χ0) is 14.1. The van der Waals surface area contributed by atoms with E-state index in [1.165, 1.54) is 6.07 Å². The molecule has 4 nitrogen and oxygen atoms in total. The number of amides is 3. The van der Waals surface area contributed by atoms with Crippen molar-refractivity contribution in [1.29, 1.82) is 0 Å². The van der Waals surface area contributed by atoms with Crippen LogP contribution in [0.15, 0.2) is 48.5 Å². The van der Waals surface area contributed by atoms with Crippen LogP contribution in [0.1, 0.15) is 11.6 Å². The number of imide groups is 1. The number of hydrogen-bond acceptors (Lipinski definition) is 2. The Bertz CT molecular complexity index is 700. The van der Waals surface area contributed by atoms with Gasteiger partial charge in [0.2, 0.25) is 0 Å². The molecule has 1 aliphatic rings. The maximum atomic E-state index is 13.9. The first kappa shape index (κ1) is 12.3. The second-order valence-electron chi connectivity index (χ2n) is 4.46. The summed E-state index contributed by atoms with van der Waals surface area (Å²) in [5.74, 6) is -0.802. The standard InChI is InChI=1S/C15H11FN2O2/c16-12-8-4-3-6-10(12)9-5-1-2-7-11(9)13-14(19)18-15(20)17-13/h1-8,13H,(H2,17,18,19,20). The zero-order valence-corrected chi connectivity index (χ0v) is 10.4. The summed E-state index contributed by atoms with van der Waals surface area (Å²) < 4.78 is 13.9. The summed E-state index contributed by atoms with van der Waals surface area (Å²) in [5, 5.41) is 4.70. The van der Waals surface area contributed by atoms with Gasteiger partial charge in [0, 0.05) is 5.56 Å². The van der Waals surface area contributed by atoms with Crippen LogP contribution in [0.2, 0.25) is 0 Å². The third-order valence-corrected chi connectivity index (χ3v) is 3.21. The van der Waals surface area contributed by atoms with Crippen molar-refractivity contribution < 1.29 is 14.0 Å². The minimum atomic E-state index is -0.793. The monoisotopic (exact) mass is 270 g/mol. The van der Waals surface area contributed by atoms with E-state index >= 15 is 0 Å². The van der Waals surface area contributed by atoms with Crippen LogP contribution >= 0.6 is 0 Å². The molecular formula is C15H11FN2O2. The molecule has 1 atom stereocenters. The Morgan fingerprint density at radius 3 is 2.20 bits per heavy atom. The molecule has 3 rings (SSSR count). The van der Waals surface area contributed by atoms with Crippen LogP contribution in [-0.4, -0.2) is 11.9 Å². The van der Waals surface area contributed by atoms with Crippen molar-refractivity contribution in [3.05, 3.63) is 59.9 Å². The molecule has 1 fully saturated rings. The second kappa shape index (κ2) is 4.77. The number of carbonyl (C=O) groups excluding carboxylic acids is 2. The van der Waals surface area contributed by atoms with Gasteiger partial charge in [-0.15, -0.1) is 0 Å². The number of urea groups is 1. The molecule has 1 saturated heterocycles. The Balaban J connectivity index is 2.12. The van der Waals surface area contributed by atoms with E-state index < -0.39 is 18.0 Å². The van der Waals surface area contributed by atoms with Crippen LogP contribution in [0.4, 0.5) is 9.18 Å². The smallest absolute Gasteiger partial charge is 0.322 e. The van der Waals surface area contributed by atoms with Crippen molar-refractivity contribution in [2.75, 3.05) is 0 Å². The summed E-state index contributed by atoms with van der Waals surface area (Å²) in [4.78, 5) is 23.0. The van der Waals surface area contributed by atoms with Gasteiger partial charge in [0.05, 0.1) is 0 Å². The van der Waals surface area contributed by atoms with Crippen molar-refractivity contribution in [2.24, 2.45) is 0 Å². The van der Waals surface area contributed by atoms with Crippen LogP contribution < -0.4 is 10.6 Å². The second-order valence-corrected chi connectivity index (χ2v) is 4.46. The van der Waals surface area contributed by atoms with Crippen LogP contribution in [0.5, 0.6) is 0 Å². The largest absolute Gasteiger partial charge is 0.322 e. The highest BCUT2D eigenvalue weighted by Crippen LogP contribution is 2.31. The molecule has 2 aromatic rings. The predicted octanol–water partition coefficient (Wildman–Crippen LogP) is 2.37. The van der Waals surface area contributed by atoms with E-state index in [2.05, 4.69) is 10.6 Å². The SMILES string of the molecule is O=C1NC(=O)C(c2ccccc2-c2ccccc2F)N1. The van der Waals surface area contributed by atoms with Crippen LogP contribution in [-0.2, 0) is 4.79 Å². The summed E-state index contributed by atoms with van der Waals surface area (Å²) in [6, 6.07) is 11.9. The molecule has 20 heavy (non-hydrogen) atoms. The van der Waals surface area contributed by atoms with Crippen LogP contribution in [0, 0.1) is 5.82 Å². The van der Waals surface area contributed by atoms with E-state index in [-0.39, 0.29) is 5.82 Å². The van der Waals surface area contributed by atoms with E-state index in [9.17, 15) is 14.0 Å². The Morgan fingerprint density at radius 1 is 0.900 bits per heavy atom. The maximum Gasteiger partial charge on any atom is 0.322 e. The first-order chi connectivity index (χ1) is 9.66. The fraction of sp³-hybridized carbons (Fsp3) is 0.0667. The zero-order valence-electron chi connectivity index (χ0n) is 10.4. The molecule has 0 bridgehead atoms. The highest BCUT2D eigenvalue weighted by atomic mass is 19.1. The van der Waals surface area contributed by atoms with Gasteiger partial charge in [-0.05, 0) is 17.2 Å². The van der Waals surface area contributed by atoms with Gasteiger partial charge >= 0.3 is 6.03 Å². The molecule has 1 heterocycles. The van der Waals surface area contributed by atoms with E-state index in [0.717, 1.165) is 0 Å². The van der Waals surface area contributed by atoms with Crippen molar-refractivity contribution >= 4 is 11.9 Å². The van der Waals surface area contributed by atoms with E-state index in [0.29, 0.717) is 16.7 Å². The molecule has 0 aliphatic carbocycles. The number of hydrogen-bond donors (Lipinski definition) is 2. The molecule has 0 aromatic heterocycles. The molecule has 0 radical (unpaired) electrons. The van der Waals surface area contributed by atoms with Gasteiger partial charge in [0.25, 0.3) is 5.91 Å². The highest BCUT2D eigenvalue weighted by Gasteiger charge is 2.32. The minimum Gasteiger partial charge on any atom is -0.322 e. The number of benzene rings is 2. The first-order valence-corrected chi connectivity index (χ1v) is 6.12. The fourth-order valence-electron chi connectivity index (χ4n) is 2.31. The lowest BCUT2D eigenvalue weighted by molar-refractivity contribution is -0.120. The predicted molar refractivity (Wildman–Crippen MR) is 71.3 cm³/mol. The molecule has 1 aliphatic heterocycles. The van der Waals surface area contributed by atoms with Gasteiger partial charge in [-0.3, -0.25) is 10.1 Å². The number of halogens is 1. The molecule has 0 saturated carbocycles. The third-order valence-electron chi connectivity index (χ3n) is 3.21. The molecule has 3 amide bonds. The van der Waals surface area contributed by atoms with Gasteiger partial charge in [-0.1, -0.05) is 42.5 Å². The minimum absolute atomic E-state index is 0.371. The van der Waals surface area contributed by atoms with Crippen LogP contribution in [0.3, 0.4) is 0 Å². The summed E-state index contributed by atoms with van der Waals surface area (Å²) in [5.41, 5.74) is 1.56. The lowest BCUT2D eigenvalue weighted by atomic mass is 9.94. The summed E-state index contributed by atoms with van der Waals surface area (Å²) in [6.45, 7) is 0. The molecule has 2 aromatic carbocycles. The topological polar surface area (TPSA) is 58.2 Å². The summed E-state index contributed by atoms with van der Waals surface area (Å²) >= 11 is 0. The average molecular weight is 270 g/mol. The molecular weight excluding hydrogens is 259 g/mol. The Hall–Kier alpha value is -2.69. The first-order valence-electron chi connectivity index (χ1n) is 6.12. The number of rotatable bonds is 2. The summed E-state index contributed by atoms with van der Waals surface area (Å²) in [7, 11) is 0. The lowest BCUT2D eigenvalue weighted by Gasteiger charge is -2.14. The van der Waals surface area contributed by atoms with Gasteiger partial charge < -0.3 is 5.32 Å². The van der Waals surface area contributed by atoms with E-state index in [1.54, 1.807) is 42.5 Å². The van der Waals surface area contributed by atoms with Gasteiger partial charge in [-0.25, -0.2) is 9.18 Å². The Kier molecular flexibility index (Phi) is 2.95. The normalized spacial score (nSPS) is 17.8. The molecule has 2 N–H and O–H groups in total. The lowest BCUT2D eigenvalue weighted by Crippen LogP contribution is -2.22. The molecule has 100 valence electrons. The van der Waals surface area contributed by atoms with Crippen molar-refractivity contribution in [3.63, 3.8) is 0 Å². The van der Waals surface area contributed by atoms with E-state index in [4.69, 9.17) is 0 Å². The average Bonchev–Trinajstić information content (AvgIpc) is 2.78. The van der Waals surface area contributed by atoms with Crippen LogP contribution in [0.25, 0.3) is 11.1 Å². The highest BCUT2D eigenvalue weighted by molar-refractivity contribution is 6.05. The van der Waals surface area contributed by atoms with Crippen molar-refractivity contribution in [3.8, 4) is 11.1 Å². The van der Waals surface area contributed by atoms with Crippen molar-refractivity contribution in [1.82, 2.24) is 10.6 Å². The van der Waals surface area contributed by atoms with Crippen molar-refractivity contribution in [2.45, 2.75) is 6.04 Å².